The highest BCUT2D eigenvalue weighted by atomic mass is 32.2. The third-order valence-corrected chi connectivity index (χ3v) is 3.66. The van der Waals surface area contributed by atoms with Gasteiger partial charge < -0.3 is 5.32 Å². The topological polar surface area (TPSA) is 63.2 Å². The van der Waals surface area contributed by atoms with Crippen LogP contribution in [0.25, 0.3) is 0 Å². The van der Waals surface area contributed by atoms with Crippen molar-refractivity contribution < 1.29 is 14.4 Å². The van der Waals surface area contributed by atoms with Crippen LogP contribution >= 0.6 is 11.8 Å². The number of anilines is 1. The van der Waals surface area contributed by atoms with Crippen molar-refractivity contribution in [3.05, 3.63) is 28.8 Å². The Morgan fingerprint density at radius 1 is 1.35 bits per heavy atom. The molecule has 1 aliphatic heterocycles. The zero-order valence-corrected chi connectivity index (χ0v) is 12.0. The summed E-state index contributed by atoms with van der Waals surface area (Å²) in [6.07, 6.45) is 0.558. The second kappa shape index (κ2) is 5.93. The van der Waals surface area contributed by atoms with Gasteiger partial charge in [0.2, 0.25) is 0 Å². The molecular formula is C15H13NO3S. The van der Waals surface area contributed by atoms with Gasteiger partial charge in [0.15, 0.2) is 5.12 Å². The van der Waals surface area contributed by atoms with E-state index in [4.69, 9.17) is 0 Å². The summed E-state index contributed by atoms with van der Waals surface area (Å²) in [5.74, 6) is 5.38. The molecule has 2 rings (SSSR count). The average molecular weight is 287 g/mol. The van der Waals surface area contributed by atoms with Crippen LogP contribution in [-0.2, 0) is 9.59 Å². The molecule has 5 heteroatoms. The molecule has 1 aliphatic rings. The summed E-state index contributed by atoms with van der Waals surface area (Å²) in [4.78, 5) is 34.0. The van der Waals surface area contributed by atoms with E-state index in [1.165, 1.54) is 18.7 Å². The highest BCUT2D eigenvalue weighted by Gasteiger charge is 2.30. The number of hydrogen-bond donors (Lipinski definition) is 1. The van der Waals surface area contributed by atoms with E-state index in [1.54, 1.807) is 6.07 Å². The fourth-order valence-electron chi connectivity index (χ4n) is 1.90. The monoisotopic (exact) mass is 287 g/mol. The van der Waals surface area contributed by atoms with Crippen LogP contribution in [0.3, 0.4) is 0 Å². The number of aryl methyl sites for hydroxylation is 1. The van der Waals surface area contributed by atoms with Gasteiger partial charge in [-0.05, 0) is 18.6 Å². The third-order valence-electron chi connectivity index (χ3n) is 2.84. The highest BCUT2D eigenvalue weighted by Crippen LogP contribution is 2.28. The van der Waals surface area contributed by atoms with Gasteiger partial charge in [0.1, 0.15) is 0 Å². The first-order valence-electron chi connectivity index (χ1n) is 6.12. The van der Waals surface area contributed by atoms with Crippen LogP contribution < -0.4 is 5.32 Å². The molecule has 0 bridgehead atoms. The second-order valence-electron chi connectivity index (χ2n) is 4.36. The van der Waals surface area contributed by atoms with Gasteiger partial charge in [0.05, 0.1) is 11.3 Å². The predicted molar refractivity (Wildman–Crippen MR) is 78.8 cm³/mol. The largest absolute Gasteiger partial charge is 0.318 e. The number of carbonyl (C=O) groups is 3. The standard InChI is InChI=1S/C15H13NO3S/c1-9-6-7-12-13(14(18)15(19)16-12)11(9)5-3-4-8-20-10(2)17/h6-7H,4,8H2,1-2H3,(H,16,18,19). The molecule has 1 heterocycles. The van der Waals surface area contributed by atoms with Gasteiger partial charge in [-0.15, -0.1) is 0 Å². The molecule has 0 unspecified atom stereocenters. The fraction of sp³-hybridized carbons (Fsp3) is 0.267. The number of rotatable bonds is 2. The Balaban J connectivity index is 2.23. The van der Waals surface area contributed by atoms with Crippen LogP contribution in [0, 0.1) is 18.8 Å². The lowest BCUT2D eigenvalue weighted by atomic mass is 9.99. The second-order valence-corrected chi connectivity index (χ2v) is 5.63. The lowest BCUT2D eigenvalue weighted by Gasteiger charge is -2.03. The number of hydrogen-bond acceptors (Lipinski definition) is 4. The van der Waals surface area contributed by atoms with Gasteiger partial charge in [0, 0.05) is 24.7 Å². The zero-order chi connectivity index (χ0) is 14.7. The summed E-state index contributed by atoms with van der Waals surface area (Å²) in [6.45, 7) is 3.37. The Morgan fingerprint density at radius 2 is 2.10 bits per heavy atom. The van der Waals surface area contributed by atoms with Crippen molar-refractivity contribution in [3.8, 4) is 11.8 Å². The fourth-order valence-corrected chi connectivity index (χ4v) is 2.39. The Bertz CT molecular complexity index is 668. The van der Waals surface area contributed by atoms with Crippen LogP contribution in [0.1, 0.15) is 34.8 Å². The third kappa shape index (κ3) is 2.91. The van der Waals surface area contributed by atoms with E-state index < -0.39 is 11.7 Å². The first-order valence-corrected chi connectivity index (χ1v) is 7.11. The number of amides is 1. The minimum Gasteiger partial charge on any atom is -0.318 e. The molecule has 0 aromatic heterocycles. The lowest BCUT2D eigenvalue weighted by Crippen LogP contribution is -2.13. The van der Waals surface area contributed by atoms with Crippen molar-refractivity contribution in [2.45, 2.75) is 20.3 Å². The van der Waals surface area contributed by atoms with Crippen LogP contribution in [0.5, 0.6) is 0 Å². The molecule has 1 aromatic carbocycles. The summed E-state index contributed by atoms with van der Waals surface area (Å²) in [7, 11) is 0. The Morgan fingerprint density at radius 3 is 2.80 bits per heavy atom. The molecule has 1 N–H and O–H groups in total. The minimum atomic E-state index is -0.610. The van der Waals surface area contributed by atoms with E-state index in [9.17, 15) is 14.4 Å². The first kappa shape index (κ1) is 14.4. The molecule has 0 atom stereocenters. The lowest BCUT2D eigenvalue weighted by molar-refractivity contribution is -0.112. The molecule has 1 amide bonds. The maximum Gasteiger partial charge on any atom is 0.296 e. The summed E-state index contributed by atoms with van der Waals surface area (Å²) in [6, 6.07) is 3.54. The Hall–Kier alpha value is -2.06. The molecule has 0 spiro atoms. The van der Waals surface area contributed by atoms with E-state index in [1.807, 2.05) is 13.0 Å². The van der Waals surface area contributed by atoms with Gasteiger partial charge in [-0.3, -0.25) is 14.4 Å². The van der Waals surface area contributed by atoms with Gasteiger partial charge in [-0.1, -0.05) is 29.7 Å². The van der Waals surface area contributed by atoms with E-state index in [0.29, 0.717) is 29.0 Å². The van der Waals surface area contributed by atoms with Crippen molar-refractivity contribution in [3.63, 3.8) is 0 Å². The first-order chi connectivity index (χ1) is 9.50. The minimum absolute atomic E-state index is 0.0635. The van der Waals surface area contributed by atoms with Crippen LogP contribution in [0.2, 0.25) is 0 Å². The van der Waals surface area contributed by atoms with Crippen LogP contribution in [0.15, 0.2) is 12.1 Å². The maximum absolute atomic E-state index is 11.8. The summed E-state index contributed by atoms with van der Waals surface area (Å²) >= 11 is 1.22. The summed E-state index contributed by atoms with van der Waals surface area (Å²) in [5.41, 5.74) is 2.34. The Kier molecular flexibility index (Phi) is 4.26. The maximum atomic E-state index is 11.8. The molecule has 0 aliphatic carbocycles. The van der Waals surface area contributed by atoms with Crippen LogP contribution in [0.4, 0.5) is 5.69 Å². The van der Waals surface area contributed by atoms with E-state index >= 15 is 0 Å². The number of thioether (sulfide) groups is 1. The quantitative estimate of drug-likeness (QED) is 0.514. The smallest absolute Gasteiger partial charge is 0.296 e. The van der Waals surface area contributed by atoms with E-state index in [0.717, 1.165) is 5.56 Å². The SMILES string of the molecule is CC(=O)SCCC#Cc1c(C)ccc2c1C(=O)C(=O)N2. The van der Waals surface area contributed by atoms with Gasteiger partial charge >= 0.3 is 0 Å². The number of nitrogens with one attached hydrogen (secondary N) is 1. The van der Waals surface area contributed by atoms with Crippen molar-refractivity contribution >= 4 is 34.3 Å². The molecule has 1 aromatic rings. The number of ketones is 1. The number of fused-ring (bicyclic) bond motifs is 1. The molecule has 0 fully saturated rings. The summed E-state index contributed by atoms with van der Waals surface area (Å²) in [5, 5.41) is 2.59. The van der Waals surface area contributed by atoms with Crippen molar-refractivity contribution in [1.29, 1.82) is 0 Å². The number of benzene rings is 1. The van der Waals surface area contributed by atoms with Crippen molar-refractivity contribution in [2.24, 2.45) is 0 Å². The predicted octanol–water partition coefficient (Wildman–Crippen LogP) is 2.15. The Labute approximate surface area is 121 Å². The average Bonchev–Trinajstić information content (AvgIpc) is 2.67. The summed E-state index contributed by atoms with van der Waals surface area (Å²) < 4.78 is 0. The van der Waals surface area contributed by atoms with Gasteiger partial charge in [-0.25, -0.2) is 0 Å². The highest BCUT2D eigenvalue weighted by molar-refractivity contribution is 8.13. The van der Waals surface area contributed by atoms with E-state index in [2.05, 4.69) is 17.2 Å². The number of Topliss-reactive ketones (excluding diaryl/α,β-unsaturated/α-hetero) is 1. The van der Waals surface area contributed by atoms with Crippen LogP contribution in [-0.4, -0.2) is 22.6 Å². The van der Waals surface area contributed by atoms with E-state index in [-0.39, 0.29) is 5.12 Å². The molecule has 0 radical (unpaired) electrons. The van der Waals surface area contributed by atoms with Gasteiger partial charge in [-0.2, -0.15) is 0 Å². The molecule has 4 nitrogen and oxygen atoms in total. The normalized spacial score (nSPS) is 12.5. The molecule has 0 saturated heterocycles. The molecule has 0 saturated carbocycles. The molecule has 20 heavy (non-hydrogen) atoms. The van der Waals surface area contributed by atoms with Gasteiger partial charge in [0.25, 0.3) is 11.7 Å². The number of carbonyl (C=O) groups excluding carboxylic acids is 3. The zero-order valence-electron chi connectivity index (χ0n) is 11.2. The molecular weight excluding hydrogens is 274 g/mol. The van der Waals surface area contributed by atoms with Crippen molar-refractivity contribution in [1.82, 2.24) is 0 Å². The van der Waals surface area contributed by atoms with Crippen molar-refractivity contribution in [2.75, 3.05) is 11.1 Å². The molecule has 102 valence electrons.